The fourth-order valence-electron chi connectivity index (χ4n) is 2.27. The summed E-state index contributed by atoms with van der Waals surface area (Å²) in [6, 6.07) is 6.46. The number of nitrogens with zero attached hydrogens (tertiary/aromatic N) is 2. The van der Waals surface area contributed by atoms with Crippen LogP contribution in [0.5, 0.6) is 0 Å². The molecule has 1 aliphatic carbocycles. The average molecular weight is 305 g/mol. The van der Waals surface area contributed by atoms with Crippen LogP contribution in [0.25, 0.3) is 0 Å². The molecule has 2 amide bonds. The van der Waals surface area contributed by atoms with Crippen LogP contribution in [-0.4, -0.2) is 22.8 Å². The normalized spacial score (nSPS) is 19.7. The van der Waals surface area contributed by atoms with Crippen molar-refractivity contribution in [2.75, 3.05) is 0 Å². The van der Waals surface area contributed by atoms with Gasteiger partial charge in [-0.2, -0.15) is 5.26 Å². The van der Waals surface area contributed by atoms with Gasteiger partial charge in [0.15, 0.2) is 0 Å². The quantitative estimate of drug-likeness (QED) is 0.788. The van der Waals surface area contributed by atoms with E-state index in [9.17, 15) is 9.59 Å². The molecule has 0 radical (unpaired) electrons. The molecule has 0 N–H and O–H groups in total. The first-order valence-corrected chi connectivity index (χ1v) is 6.50. The summed E-state index contributed by atoms with van der Waals surface area (Å²) < 4.78 is 0.754. The van der Waals surface area contributed by atoms with Crippen molar-refractivity contribution in [3.8, 4) is 6.07 Å². The second-order valence-corrected chi connectivity index (χ2v) is 5.50. The number of nitriles is 1. The van der Waals surface area contributed by atoms with Crippen LogP contribution in [-0.2, 0) is 0 Å². The first-order valence-electron chi connectivity index (χ1n) is 5.70. The van der Waals surface area contributed by atoms with Gasteiger partial charge >= 0.3 is 0 Å². The van der Waals surface area contributed by atoms with Crippen molar-refractivity contribution in [3.05, 3.63) is 33.8 Å². The number of rotatable bonds is 2. The molecule has 0 bridgehead atoms. The highest BCUT2D eigenvalue weighted by molar-refractivity contribution is 9.10. The molecule has 90 valence electrons. The van der Waals surface area contributed by atoms with Crippen molar-refractivity contribution in [3.63, 3.8) is 0 Å². The minimum absolute atomic E-state index is 0.153. The Balaban J connectivity index is 2.04. The molecule has 1 heterocycles. The van der Waals surface area contributed by atoms with Crippen LogP contribution in [0.1, 0.15) is 33.6 Å². The van der Waals surface area contributed by atoms with Crippen molar-refractivity contribution < 1.29 is 9.59 Å². The van der Waals surface area contributed by atoms with E-state index in [4.69, 9.17) is 5.26 Å². The van der Waals surface area contributed by atoms with E-state index < -0.39 is 6.04 Å². The number of imide groups is 1. The predicted octanol–water partition coefficient (Wildman–Crippen LogP) is 2.35. The Morgan fingerprint density at radius 1 is 1.28 bits per heavy atom. The third-order valence-corrected chi connectivity index (χ3v) is 3.85. The van der Waals surface area contributed by atoms with Gasteiger partial charge < -0.3 is 0 Å². The second-order valence-electron chi connectivity index (χ2n) is 4.58. The number of halogens is 1. The summed E-state index contributed by atoms with van der Waals surface area (Å²) in [5.74, 6) is -0.545. The molecule has 1 atom stereocenters. The van der Waals surface area contributed by atoms with Gasteiger partial charge in [-0.05, 0) is 37.0 Å². The fraction of sp³-hybridized carbons (Fsp3) is 0.308. The highest BCUT2D eigenvalue weighted by Crippen LogP contribution is 2.38. The second kappa shape index (κ2) is 3.92. The van der Waals surface area contributed by atoms with Gasteiger partial charge in [0.2, 0.25) is 0 Å². The number of hydrogen-bond acceptors (Lipinski definition) is 3. The van der Waals surface area contributed by atoms with Crippen LogP contribution < -0.4 is 0 Å². The summed E-state index contributed by atoms with van der Waals surface area (Å²) in [5, 5.41) is 9.16. The van der Waals surface area contributed by atoms with Gasteiger partial charge in [-0.25, -0.2) is 0 Å². The van der Waals surface area contributed by atoms with Crippen LogP contribution in [0, 0.1) is 17.2 Å². The molecule has 0 saturated heterocycles. The Hall–Kier alpha value is -1.67. The zero-order valence-corrected chi connectivity index (χ0v) is 11.0. The lowest BCUT2D eigenvalue weighted by molar-refractivity contribution is 0.0605. The Morgan fingerprint density at radius 3 is 2.56 bits per heavy atom. The van der Waals surface area contributed by atoms with E-state index in [1.807, 2.05) is 0 Å². The van der Waals surface area contributed by atoms with Crippen LogP contribution in [0.4, 0.5) is 0 Å². The van der Waals surface area contributed by atoms with Gasteiger partial charge in [0.25, 0.3) is 11.8 Å². The highest BCUT2D eigenvalue weighted by Gasteiger charge is 2.46. The van der Waals surface area contributed by atoms with Crippen LogP contribution >= 0.6 is 15.9 Å². The minimum atomic E-state index is -0.615. The van der Waals surface area contributed by atoms with Crippen LogP contribution in [0.15, 0.2) is 22.7 Å². The third-order valence-electron chi connectivity index (χ3n) is 3.36. The highest BCUT2D eigenvalue weighted by atomic mass is 79.9. The van der Waals surface area contributed by atoms with Crippen molar-refractivity contribution in [2.24, 2.45) is 5.92 Å². The summed E-state index contributed by atoms with van der Waals surface area (Å²) in [4.78, 5) is 25.5. The van der Waals surface area contributed by atoms with Gasteiger partial charge in [0.1, 0.15) is 6.04 Å². The number of fused-ring (bicyclic) bond motifs is 1. The maximum Gasteiger partial charge on any atom is 0.262 e. The van der Waals surface area contributed by atoms with E-state index in [1.54, 1.807) is 18.2 Å². The number of carbonyl (C=O) groups is 2. The summed E-state index contributed by atoms with van der Waals surface area (Å²) in [6.07, 6.45) is 1.82. The van der Waals surface area contributed by atoms with Gasteiger partial charge in [0.05, 0.1) is 17.2 Å². The first-order chi connectivity index (χ1) is 8.63. The minimum Gasteiger partial charge on any atom is -0.269 e. The van der Waals surface area contributed by atoms with E-state index in [0.29, 0.717) is 11.1 Å². The number of benzene rings is 1. The smallest absolute Gasteiger partial charge is 0.262 e. The third kappa shape index (κ3) is 1.57. The Bertz CT molecular complexity index is 601. The molecule has 0 aromatic heterocycles. The SMILES string of the molecule is N#CC(C1CC1)N1C(=O)c2ccc(Br)cc2C1=O. The van der Waals surface area contributed by atoms with Crippen molar-refractivity contribution in [2.45, 2.75) is 18.9 Å². The lowest BCUT2D eigenvalue weighted by Crippen LogP contribution is -2.40. The molecule has 1 unspecified atom stereocenters. The molecular formula is C13H9BrN2O2. The lowest BCUT2D eigenvalue weighted by Gasteiger charge is -2.19. The first kappa shape index (κ1) is 11.4. The largest absolute Gasteiger partial charge is 0.269 e. The number of hydrogen-bond donors (Lipinski definition) is 0. The summed E-state index contributed by atoms with van der Waals surface area (Å²) in [5.41, 5.74) is 0.777. The molecule has 4 nitrogen and oxygen atoms in total. The maximum absolute atomic E-state index is 12.2. The molecule has 1 aromatic rings. The predicted molar refractivity (Wildman–Crippen MR) is 66.8 cm³/mol. The summed E-state index contributed by atoms with van der Waals surface area (Å²) in [7, 11) is 0. The zero-order chi connectivity index (χ0) is 12.9. The van der Waals surface area contributed by atoms with Gasteiger partial charge in [0, 0.05) is 4.47 Å². The zero-order valence-electron chi connectivity index (χ0n) is 9.39. The lowest BCUT2D eigenvalue weighted by atomic mass is 10.1. The van der Waals surface area contributed by atoms with Crippen molar-refractivity contribution in [1.82, 2.24) is 4.90 Å². The number of amides is 2. The Kier molecular flexibility index (Phi) is 2.49. The van der Waals surface area contributed by atoms with E-state index in [0.717, 1.165) is 22.2 Å². The molecule has 18 heavy (non-hydrogen) atoms. The fourth-order valence-corrected chi connectivity index (χ4v) is 2.63. The molecule has 1 aromatic carbocycles. The van der Waals surface area contributed by atoms with Gasteiger partial charge in [-0.15, -0.1) is 0 Å². The monoisotopic (exact) mass is 304 g/mol. The Morgan fingerprint density at radius 2 is 1.94 bits per heavy atom. The van der Waals surface area contributed by atoms with Crippen molar-refractivity contribution in [1.29, 1.82) is 5.26 Å². The molecule has 5 heteroatoms. The molecular weight excluding hydrogens is 296 g/mol. The molecule has 0 spiro atoms. The molecule has 3 rings (SSSR count). The van der Waals surface area contributed by atoms with E-state index in [2.05, 4.69) is 22.0 Å². The van der Waals surface area contributed by atoms with Crippen LogP contribution in [0.3, 0.4) is 0 Å². The van der Waals surface area contributed by atoms with Gasteiger partial charge in [-0.1, -0.05) is 15.9 Å². The molecule has 1 fully saturated rings. The number of carbonyl (C=O) groups excluding carboxylic acids is 2. The molecule has 2 aliphatic rings. The average Bonchev–Trinajstić information content (AvgIpc) is 3.15. The van der Waals surface area contributed by atoms with Crippen molar-refractivity contribution >= 4 is 27.7 Å². The summed E-state index contributed by atoms with van der Waals surface area (Å²) >= 11 is 3.28. The maximum atomic E-state index is 12.2. The van der Waals surface area contributed by atoms with Gasteiger partial charge in [-0.3, -0.25) is 14.5 Å². The summed E-state index contributed by atoms with van der Waals surface area (Å²) in [6.45, 7) is 0. The standard InChI is InChI=1S/C13H9BrN2O2/c14-8-3-4-9-10(5-8)13(18)16(12(9)17)11(6-15)7-1-2-7/h3-5,7,11H,1-2H2. The Labute approximate surface area is 112 Å². The van der Waals surface area contributed by atoms with E-state index >= 15 is 0 Å². The molecule has 1 aliphatic heterocycles. The van der Waals surface area contributed by atoms with E-state index in [-0.39, 0.29) is 17.7 Å². The van der Waals surface area contributed by atoms with Crippen LogP contribution in [0.2, 0.25) is 0 Å². The van der Waals surface area contributed by atoms with E-state index in [1.165, 1.54) is 0 Å². The molecule has 1 saturated carbocycles. The topological polar surface area (TPSA) is 61.2 Å².